The van der Waals surface area contributed by atoms with E-state index < -0.39 is 0 Å². The summed E-state index contributed by atoms with van der Waals surface area (Å²) in [6.45, 7) is 14.1. The molecule has 0 amide bonds. The average molecular weight is 224 g/mol. The van der Waals surface area contributed by atoms with E-state index >= 15 is 0 Å². The van der Waals surface area contributed by atoms with Crippen LogP contribution in [0.15, 0.2) is 12.7 Å². The lowest BCUT2D eigenvalue weighted by molar-refractivity contribution is 0.0404. The molecule has 1 heterocycles. The molecule has 1 aliphatic rings. The molecule has 0 aromatic heterocycles. The highest BCUT2D eigenvalue weighted by atomic mass is 15.3. The fourth-order valence-electron chi connectivity index (χ4n) is 2.88. The van der Waals surface area contributed by atoms with Gasteiger partial charge in [-0.15, -0.1) is 6.58 Å². The number of nitrogens with one attached hydrogen (secondary N) is 1. The largest absolute Gasteiger partial charge is 0.311 e. The molecule has 0 bridgehead atoms. The van der Waals surface area contributed by atoms with Gasteiger partial charge in [0, 0.05) is 31.2 Å². The van der Waals surface area contributed by atoms with Gasteiger partial charge in [0.25, 0.3) is 0 Å². The zero-order valence-electron chi connectivity index (χ0n) is 11.3. The van der Waals surface area contributed by atoms with Crippen LogP contribution >= 0.6 is 0 Å². The molecule has 2 nitrogen and oxygen atoms in total. The molecule has 1 aliphatic heterocycles. The van der Waals surface area contributed by atoms with E-state index in [9.17, 15) is 0 Å². The molecule has 0 aliphatic carbocycles. The minimum absolute atomic E-state index is 0.360. The average Bonchev–Trinajstić information content (AvgIpc) is 2.31. The number of hydrogen-bond acceptors (Lipinski definition) is 2. The van der Waals surface area contributed by atoms with Crippen LogP contribution in [0.4, 0.5) is 0 Å². The van der Waals surface area contributed by atoms with Gasteiger partial charge in [-0.1, -0.05) is 33.3 Å². The number of piperazine rings is 1. The Labute approximate surface area is 101 Å². The predicted molar refractivity (Wildman–Crippen MR) is 71.8 cm³/mol. The maximum atomic E-state index is 3.90. The van der Waals surface area contributed by atoms with E-state index in [1.54, 1.807) is 0 Å². The lowest BCUT2D eigenvalue weighted by Crippen LogP contribution is -2.64. The van der Waals surface area contributed by atoms with Crippen LogP contribution < -0.4 is 5.32 Å². The monoisotopic (exact) mass is 224 g/mol. The highest BCUT2D eigenvalue weighted by Crippen LogP contribution is 2.27. The standard InChI is InChI=1S/C14H28N2/c1-5-9-13-11-16(10-6-2)14(7-3,8-4)12-15-13/h6,13,15H,2,5,7-12H2,1,3-4H3. The Morgan fingerprint density at radius 3 is 2.56 bits per heavy atom. The minimum atomic E-state index is 0.360. The van der Waals surface area contributed by atoms with Crippen molar-refractivity contribution in [3.05, 3.63) is 12.7 Å². The van der Waals surface area contributed by atoms with Crippen LogP contribution in [0, 0.1) is 0 Å². The molecule has 1 fully saturated rings. The van der Waals surface area contributed by atoms with Gasteiger partial charge < -0.3 is 5.32 Å². The Morgan fingerprint density at radius 2 is 2.06 bits per heavy atom. The highest BCUT2D eigenvalue weighted by Gasteiger charge is 2.37. The van der Waals surface area contributed by atoms with E-state index in [0.717, 1.165) is 13.1 Å². The maximum absolute atomic E-state index is 3.90. The molecule has 1 saturated heterocycles. The lowest BCUT2D eigenvalue weighted by Gasteiger charge is -2.49. The molecule has 1 rings (SSSR count). The van der Waals surface area contributed by atoms with Crippen molar-refractivity contribution in [3.8, 4) is 0 Å². The smallest absolute Gasteiger partial charge is 0.0332 e. The summed E-state index contributed by atoms with van der Waals surface area (Å²) in [4.78, 5) is 2.64. The van der Waals surface area contributed by atoms with Gasteiger partial charge in [-0.2, -0.15) is 0 Å². The van der Waals surface area contributed by atoms with Crippen LogP contribution in [0.3, 0.4) is 0 Å². The lowest BCUT2D eigenvalue weighted by atomic mass is 9.86. The first-order valence-electron chi connectivity index (χ1n) is 6.81. The van der Waals surface area contributed by atoms with Crippen molar-refractivity contribution in [2.45, 2.75) is 58.0 Å². The summed E-state index contributed by atoms with van der Waals surface area (Å²) in [5.41, 5.74) is 0.360. The summed E-state index contributed by atoms with van der Waals surface area (Å²) >= 11 is 0. The van der Waals surface area contributed by atoms with E-state index in [-0.39, 0.29) is 0 Å². The van der Waals surface area contributed by atoms with E-state index in [0.29, 0.717) is 11.6 Å². The summed E-state index contributed by atoms with van der Waals surface area (Å²) in [5.74, 6) is 0. The van der Waals surface area contributed by atoms with Crippen molar-refractivity contribution in [2.24, 2.45) is 0 Å². The first kappa shape index (κ1) is 13.7. The Morgan fingerprint density at radius 1 is 1.38 bits per heavy atom. The molecule has 2 heteroatoms. The maximum Gasteiger partial charge on any atom is 0.0332 e. The third kappa shape index (κ3) is 2.86. The van der Waals surface area contributed by atoms with E-state index in [1.807, 2.05) is 6.08 Å². The summed E-state index contributed by atoms with van der Waals surface area (Å²) in [6, 6.07) is 0.677. The minimum Gasteiger partial charge on any atom is -0.311 e. The van der Waals surface area contributed by atoms with Crippen molar-refractivity contribution < 1.29 is 0 Å². The zero-order chi connectivity index (χ0) is 12.0. The van der Waals surface area contributed by atoms with Crippen molar-refractivity contribution in [3.63, 3.8) is 0 Å². The molecule has 0 radical (unpaired) electrons. The number of nitrogens with zero attached hydrogens (tertiary/aromatic N) is 1. The molecule has 1 unspecified atom stereocenters. The fourth-order valence-corrected chi connectivity index (χ4v) is 2.88. The van der Waals surface area contributed by atoms with Crippen LogP contribution in [-0.4, -0.2) is 36.1 Å². The number of rotatable bonds is 6. The fraction of sp³-hybridized carbons (Fsp3) is 0.857. The van der Waals surface area contributed by atoms with Gasteiger partial charge in [-0.05, 0) is 19.3 Å². The van der Waals surface area contributed by atoms with Crippen molar-refractivity contribution in [2.75, 3.05) is 19.6 Å². The Hall–Kier alpha value is -0.340. The zero-order valence-corrected chi connectivity index (χ0v) is 11.3. The van der Waals surface area contributed by atoms with E-state index in [2.05, 4.69) is 37.6 Å². The van der Waals surface area contributed by atoms with Crippen molar-refractivity contribution in [1.82, 2.24) is 10.2 Å². The molecule has 94 valence electrons. The molecule has 1 atom stereocenters. The van der Waals surface area contributed by atoms with Gasteiger partial charge in [0.1, 0.15) is 0 Å². The van der Waals surface area contributed by atoms with Crippen LogP contribution in [0.25, 0.3) is 0 Å². The van der Waals surface area contributed by atoms with Gasteiger partial charge in [0.15, 0.2) is 0 Å². The van der Waals surface area contributed by atoms with E-state index in [1.165, 1.54) is 32.2 Å². The van der Waals surface area contributed by atoms with Gasteiger partial charge in [0.2, 0.25) is 0 Å². The normalized spacial score (nSPS) is 25.6. The van der Waals surface area contributed by atoms with Gasteiger partial charge >= 0.3 is 0 Å². The summed E-state index contributed by atoms with van der Waals surface area (Å²) in [6.07, 6.45) is 7.06. The topological polar surface area (TPSA) is 15.3 Å². The molecule has 0 spiro atoms. The first-order valence-corrected chi connectivity index (χ1v) is 6.81. The third-order valence-corrected chi connectivity index (χ3v) is 4.13. The second-order valence-electron chi connectivity index (χ2n) is 4.99. The Balaban J connectivity index is 2.69. The van der Waals surface area contributed by atoms with Crippen LogP contribution in [0.5, 0.6) is 0 Å². The molecular weight excluding hydrogens is 196 g/mol. The predicted octanol–water partition coefficient (Wildman–Crippen LogP) is 2.81. The first-order chi connectivity index (χ1) is 7.72. The Kier molecular flexibility index (Phi) is 5.50. The van der Waals surface area contributed by atoms with E-state index in [4.69, 9.17) is 0 Å². The Bertz CT molecular complexity index is 209. The molecule has 1 N–H and O–H groups in total. The van der Waals surface area contributed by atoms with Gasteiger partial charge in [-0.25, -0.2) is 0 Å². The molecule has 0 aromatic rings. The van der Waals surface area contributed by atoms with Gasteiger partial charge in [0.05, 0.1) is 0 Å². The molecule has 16 heavy (non-hydrogen) atoms. The van der Waals surface area contributed by atoms with Crippen molar-refractivity contribution in [1.29, 1.82) is 0 Å². The summed E-state index contributed by atoms with van der Waals surface area (Å²) < 4.78 is 0. The molecule has 0 aromatic carbocycles. The quantitative estimate of drug-likeness (QED) is 0.698. The number of hydrogen-bond donors (Lipinski definition) is 1. The highest BCUT2D eigenvalue weighted by molar-refractivity contribution is 4.99. The van der Waals surface area contributed by atoms with Crippen LogP contribution in [-0.2, 0) is 0 Å². The summed E-state index contributed by atoms with van der Waals surface area (Å²) in [5, 5.41) is 3.73. The van der Waals surface area contributed by atoms with Gasteiger partial charge in [-0.3, -0.25) is 4.90 Å². The van der Waals surface area contributed by atoms with Crippen LogP contribution in [0.2, 0.25) is 0 Å². The van der Waals surface area contributed by atoms with Crippen molar-refractivity contribution >= 4 is 0 Å². The van der Waals surface area contributed by atoms with Crippen LogP contribution in [0.1, 0.15) is 46.5 Å². The summed E-state index contributed by atoms with van der Waals surface area (Å²) in [7, 11) is 0. The second-order valence-corrected chi connectivity index (χ2v) is 4.99. The molecule has 0 saturated carbocycles. The SMILES string of the molecule is C=CCN1CC(CCC)NCC1(CC)CC. The molecular formula is C14H28N2. The third-order valence-electron chi connectivity index (χ3n) is 4.13. The second kappa shape index (κ2) is 6.41.